The molecule has 0 aromatic carbocycles. The van der Waals surface area contributed by atoms with E-state index in [2.05, 4.69) is 0 Å². The van der Waals surface area contributed by atoms with E-state index in [1.54, 1.807) is 0 Å². The van der Waals surface area contributed by atoms with Crippen LogP contribution in [-0.2, 0) is 0 Å². The van der Waals surface area contributed by atoms with Crippen LogP contribution in [0.2, 0.25) is 10.6 Å². The normalized spacial score (nSPS) is 33.0. The van der Waals surface area contributed by atoms with Gasteiger partial charge in [0.05, 0.1) is 0 Å². The molecule has 1 heterocycles. The molecule has 0 bridgehead atoms. The van der Waals surface area contributed by atoms with Crippen LogP contribution < -0.4 is 5.73 Å². The molecule has 7 heavy (non-hydrogen) atoms. The summed E-state index contributed by atoms with van der Waals surface area (Å²) in [6.07, 6.45) is 2.67. The molecule has 1 rings (SSSR count). The molecule has 2 heteroatoms. The summed E-state index contributed by atoms with van der Waals surface area (Å²) in [5.74, 6) is 0. The molecular weight excluding hydrogens is 153 g/mol. The summed E-state index contributed by atoms with van der Waals surface area (Å²) in [5.41, 5.74) is 5.65. The molecule has 1 aliphatic rings. The second-order valence-electron chi connectivity index (χ2n) is 1.98. The molecule has 1 saturated heterocycles. The number of hydrogen-bond acceptors (Lipinski definition) is 1. The van der Waals surface area contributed by atoms with Gasteiger partial charge in [0.2, 0.25) is 0 Å². The van der Waals surface area contributed by atoms with E-state index < -0.39 is 0 Å². The van der Waals surface area contributed by atoms with Crippen molar-refractivity contribution in [1.29, 1.82) is 0 Å². The molecule has 1 nitrogen and oxygen atoms in total. The van der Waals surface area contributed by atoms with E-state index in [1.165, 1.54) is 23.5 Å². The molecule has 1 atom stereocenters. The molecule has 0 aliphatic carbocycles. The van der Waals surface area contributed by atoms with Crippen molar-refractivity contribution in [3.05, 3.63) is 0 Å². The van der Waals surface area contributed by atoms with Crippen LogP contribution in [0.25, 0.3) is 0 Å². The van der Waals surface area contributed by atoms with Gasteiger partial charge >= 0.3 is 50.2 Å². The van der Waals surface area contributed by atoms with Crippen LogP contribution >= 0.6 is 0 Å². The van der Waals surface area contributed by atoms with Gasteiger partial charge in [0.15, 0.2) is 0 Å². The van der Waals surface area contributed by atoms with E-state index in [1.807, 2.05) is 0 Å². The van der Waals surface area contributed by atoms with Gasteiger partial charge in [-0.2, -0.15) is 0 Å². The van der Waals surface area contributed by atoms with Crippen molar-refractivity contribution in [2.45, 2.75) is 29.5 Å². The molecule has 0 aromatic rings. The van der Waals surface area contributed by atoms with Crippen molar-refractivity contribution >= 4 is 15.0 Å². The van der Waals surface area contributed by atoms with E-state index >= 15 is 0 Å². The van der Waals surface area contributed by atoms with Gasteiger partial charge in [-0.25, -0.2) is 0 Å². The summed E-state index contributed by atoms with van der Waals surface area (Å²) in [4.78, 5) is 0. The molecule has 1 aliphatic heterocycles. The van der Waals surface area contributed by atoms with E-state index in [0.717, 1.165) is 15.0 Å². The van der Waals surface area contributed by atoms with E-state index in [0.29, 0.717) is 6.04 Å². The first kappa shape index (κ1) is 5.61. The average molecular weight is 164 g/mol. The Bertz CT molecular complexity index is 50.0. The quantitative estimate of drug-likeness (QED) is 0.522. The SMILES string of the molecule is N[C@H]1CCC[Se]C1. The number of nitrogens with two attached hydrogens (primary N) is 1. The van der Waals surface area contributed by atoms with Gasteiger partial charge in [0, 0.05) is 0 Å². The maximum absolute atomic E-state index is 5.65. The Morgan fingerprint density at radius 3 is 2.71 bits per heavy atom. The van der Waals surface area contributed by atoms with Crippen molar-refractivity contribution in [1.82, 2.24) is 0 Å². The minimum absolute atomic E-state index is 0.564. The third kappa shape index (κ3) is 1.81. The van der Waals surface area contributed by atoms with Gasteiger partial charge in [-0.15, -0.1) is 0 Å². The first-order chi connectivity index (χ1) is 3.39. The van der Waals surface area contributed by atoms with Gasteiger partial charge in [-0.3, -0.25) is 0 Å². The van der Waals surface area contributed by atoms with Crippen LogP contribution in [0.5, 0.6) is 0 Å². The molecule has 0 spiro atoms. The van der Waals surface area contributed by atoms with Crippen LogP contribution in [0.1, 0.15) is 12.8 Å². The Morgan fingerprint density at radius 2 is 2.43 bits per heavy atom. The summed E-state index contributed by atoms with van der Waals surface area (Å²) >= 11 is 0.900. The fourth-order valence-electron chi connectivity index (χ4n) is 0.766. The Morgan fingerprint density at radius 1 is 1.57 bits per heavy atom. The van der Waals surface area contributed by atoms with E-state index in [9.17, 15) is 0 Å². The molecule has 0 aromatic heterocycles. The summed E-state index contributed by atoms with van der Waals surface area (Å²) < 4.78 is 0. The van der Waals surface area contributed by atoms with Gasteiger partial charge < -0.3 is 0 Å². The van der Waals surface area contributed by atoms with Crippen molar-refractivity contribution in [2.24, 2.45) is 5.73 Å². The number of hydrogen-bond donors (Lipinski definition) is 1. The second kappa shape index (κ2) is 2.71. The molecule has 0 radical (unpaired) electrons. The molecule has 2 N–H and O–H groups in total. The van der Waals surface area contributed by atoms with Gasteiger partial charge in [-0.05, 0) is 0 Å². The standard InChI is InChI=1S/C5H11NSe/c6-5-2-1-3-7-4-5/h5H,1-4,6H2/t5-/m0/s1. The maximum atomic E-state index is 5.65. The fraction of sp³-hybridized carbons (Fsp3) is 1.00. The van der Waals surface area contributed by atoms with Crippen LogP contribution in [0.15, 0.2) is 0 Å². The molecule has 42 valence electrons. The first-order valence-corrected chi connectivity index (χ1v) is 5.15. The zero-order chi connectivity index (χ0) is 5.11. The Hall–Kier alpha value is 0.479. The Kier molecular flexibility index (Phi) is 2.17. The second-order valence-corrected chi connectivity index (χ2v) is 4.39. The van der Waals surface area contributed by atoms with Crippen molar-refractivity contribution in [3.63, 3.8) is 0 Å². The predicted octanol–water partition coefficient (Wildman–Crippen LogP) is 0.648. The summed E-state index contributed by atoms with van der Waals surface area (Å²) in [7, 11) is 0. The third-order valence-electron chi connectivity index (χ3n) is 1.20. The van der Waals surface area contributed by atoms with E-state index in [-0.39, 0.29) is 0 Å². The fourth-order valence-corrected chi connectivity index (χ4v) is 2.88. The summed E-state index contributed by atoms with van der Waals surface area (Å²) in [6, 6.07) is 0.564. The first-order valence-electron chi connectivity index (χ1n) is 2.73. The topological polar surface area (TPSA) is 26.0 Å². The molecule has 0 amide bonds. The van der Waals surface area contributed by atoms with Crippen LogP contribution in [-0.4, -0.2) is 21.0 Å². The molecule has 0 saturated carbocycles. The molecule has 0 unspecified atom stereocenters. The van der Waals surface area contributed by atoms with Gasteiger partial charge in [-0.1, -0.05) is 0 Å². The van der Waals surface area contributed by atoms with Crippen molar-refractivity contribution < 1.29 is 0 Å². The van der Waals surface area contributed by atoms with Crippen molar-refractivity contribution in [3.8, 4) is 0 Å². The average Bonchev–Trinajstić information content (AvgIpc) is 1.69. The van der Waals surface area contributed by atoms with Crippen LogP contribution in [0.3, 0.4) is 0 Å². The van der Waals surface area contributed by atoms with Gasteiger partial charge in [0.1, 0.15) is 0 Å². The van der Waals surface area contributed by atoms with E-state index in [4.69, 9.17) is 5.73 Å². The Balaban J connectivity index is 2.12. The minimum atomic E-state index is 0.564. The monoisotopic (exact) mass is 165 g/mol. The third-order valence-corrected chi connectivity index (χ3v) is 3.80. The number of rotatable bonds is 0. The van der Waals surface area contributed by atoms with Crippen molar-refractivity contribution in [2.75, 3.05) is 0 Å². The summed E-state index contributed by atoms with van der Waals surface area (Å²) in [6.45, 7) is 0. The predicted molar refractivity (Wildman–Crippen MR) is 32.6 cm³/mol. The van der Waals surface area contributed by atoms with Crippen LogP contribution in [0.4, 0.5) is 0 Å². The molecular formula is C5H11NSe. The summed E-state index contributed by atoms with van der Waals surface area (Å²) in [5, 5.41) is 2.80. The zero-order valence-electron chi connectivity index (χ0n) is 4.39. The van der Waals surface area contributed by atoms with Gasteiger partial charge in [0.25, 0.3) is 0 Å². The van der Waals surface area contributed by atoms with Crippen LogP contribution in [0, 0.1) is 0 Å². The Labute approximate surface area is 50.8 Å². The zero-order valence-corrected chi connectivity index (χ0v) is 6.10. The molecule has 1 fully saturated rings.